The summed E-state index contributed by atoms with van der Waals surface area (Å²) in [6.45, 7) is 6.13. The maximum atomic E-state index is 14.1. The molecule has 0 radical (unpaired) electrons. The molecule has 0 saturated carbocycles. The molecule has 10 heteroatoms. The van der Waals surface area contributed by atoms with Gasteiger partial charge in [0.1, 0.15) is 6.04 Å². The van der Waals surface area contributed by atoms with Crippen LogP contribution in [0.15, 0.2) is 42.7 Å². The molecule has 1 aliphatic rings. The number of benzene rings is 1. The lowest BCUT2D eigenvalue weighted by Gasteiger charge is -2.28. The Morgan fingerprint density at radius 2 is 1.84 bits per heavy atom. The van der Waals surface area contributed by atoms with E-state index in [-0.39, 0.29) is 18.0 Å². The van der Waals surface area contributed by atoms with Crippen LogP contribution in [0.4, 0.5) is 11.6 Å². The molecule has 1 amide bonds. The van der Waals surface area contributed by atoms with Gasteiger partial charge in [0.05, 0.1) is 41.0 Å². The molecule has 4 aromatic rings. The van der Waals surface area contributed by atoms with Crippen LogP contribution in [0.25, 0.3) is 11.3 Å². The molecule has 0 spiro atoms. The second-order valence-electron chi connectivity index (χ2n) is 9.68. The third kappa shape index (κ3) is 4.03. The van der Waals surface area contributed by atoms with E-state index in [0.717, 1.165) is 33.9 Å². The normalized spacial score (nSPS) is 15.0. The Hall–Kier alpha value is -3.85. The molecule has 0 saturated heterocycles. The van der Waals surface area contributed by atoms with Crippen molar-refractivity contribution in [1.82, 2.24) is 24.3 Å². The molecule has 0 fully saturated rings. The summed E-state index contributed by atoms with van der Waals surface area (Å²) in [7, 11) is 7.21. The average molecular weight is 520 g/mol. The van der Waals surface area contributed by atoms with Gasteiger partial charge < -0.3 is 14.2 Å². The lowest BCUT2D eigenvalue weighted by Crippen LogP contribution is -2.30. The predicted molar refractivity (Wildman–Crippen MR) is 145 cm³/mol. The lowest BCUT2D eigenvalue weighted by atomic mass is 10.0. The van der Waals surface area contributed by atoms with Crippen molar-refractivity contribution in [3.05, 3.63) is 70.3 Å². The number of nitrogens with zero attached hydrogens (tertiary/aromatic N) is 7. The van der Waals surface area contributed by atoms with E-state index < -0.39 is 0 Å². The number of hydrogen-bond acceptors (Lipinski definition) is 6. The van der Waals surface area contributed by atoms with Crippen molar-refractivity contribution in [1.29, 1.82) is 0 Å². The van der Waals surface area contributed by atoms with E-state index in [9.17, 15) is 4.79 Å². The quantitative estimate of drug-likeness (QED) is 0.355. The van der Waals surface area contributed by atoms with E-state index >= 15 is 0 Å². The molecule has 192 valence electrons. The van der Waals surface area contributed by atoms with Gasteiger partial charge in [0.2, 0.25) is 11.8 Å². The highest BCUT2D eigenvalue weighted by molar-refractivity contribution is 6.30. The third-order valence-corrected chi connectivity index (χ3v) is 6.85. The van der Waals surface area contributed by atoms with Crippen LogP contribution >= 0.6 is 11.6 Å². The number of aromatic nitrogens is 5. The number of halogens is 1. The highest BCUT2D eigenvalue weighted by Crippen LogP contribution is 2.47. The maximum Gasteiger partial charge on any atom is 0.261 e. The van der Waals surface area contributed by atoms with Crippen molar-refractivity contribution in [3.63, 3.8) is 0 Å². The molecule has 1 atom stereocenters. The molecule has 1 aliphatic heterocycles. The molecule has 0 bridgehead atoms. The summed E-state index contributed by atoms with van der Waals surface area (Å²) in [4.78, 5) is 26.9. The Kier molecular flexibility index (Phi) is 6.19. The number of aryl methyl sites for hydroxylation is 2. The molecule has 3 aromatic heterocycles. The number of rotatable bonds is 6. The number of carbonyl (C=O) groups excluding carboxylic acids is 1. The molecule has 9 nitrogen and oxygen atoms in total. The number of hydrogen-bond donors (Lipinski definition) is 0. The van der Waals surface area contributed by atoms with Crippen LogP contribution in [0.3, 0.4) is 0 Å². The molecular weight excluding hydrogens is 490 g/mol. The fourth-order valence-electron chi connectivity index (χ4n) is 5.05. The number of amides is 1. The minimum absolute atomic E-state index is 0.0366. The molecular formula is C27H30ClN7O2. The van der Waals surface area contributed by atoms with Crippen LogP contribution in [0.5, 0.6) is 5.88 Å². The zero-order valence-corrected chi connectivity index (χ0v) is 22.8. The molecule has 4 heterocycles. The summed E-state index contributed by atoms with van der Waals surface area (Å²) >= 11 is 6.23. The SMILES string of the molecule is COc1nc(N(C)C)ncc1-c1cc2c(n1C(C)C)C(c1ccc(Cl)cc1)N(c1cn(C)nc1C)C2=O. The van der Waals surface area contributed by atoms with Gasteiger partial charge >= 0.3 is 0 Å². The zero-order chi connectivity index (χ0) is 26.6. The standard InChI is InChI=1S/C27H30ClN7O2/c1-15(2)34-21(20-13-29-27(32(4)5)30-25(20)37-7)12-19-24(34)23(17-8-10-18(28)11-9-17)35(26(19)36)22-14-33(6)31-16(22)3/h8-15,23H,1-7H3. The van der Waals surface area contributed by atoms with Crippen molar-refractivity contribution < 1.29 is 9.53 Å². The largest absolute Gasteiger partial charge is 0.480 e. The fourth-order valence-corrected chi connectivity index (χ4v) is 5.18. The van der Waals surface area contributed by atoms with Crippen LogP contribution in [-0.2, 0) is 7.05 Å². The van der Waals surface area contributed by atoms with Crippen molar-refractivity contribution in [2.45, 2.75) is 32.9 Å². The first-order valence-electron chi connectivity index (χ1n) is 12.1. The number of ether oxygens (including phenoxy) is 1. The van der Waals surface area contributed by atoms with Crippen molar-refractivity contribution in [3.8, 4) is 17.1 Å². The van der Waals surface area contributed by atoms with Gasteiger partial charge in [0.15, 0.2) is 0 Å². The lowest BCUT2D eigenvalue weighted by molar-refractivity contribution is 0.0993. The molecule has 37 heavy (non-hydrogen) atoms. The summed E-state index contributed by atoms with van der Waals surface area (Å²) in [5.74, 6) is 0.910. The van der Waals surface area contributed by atoms with Gasteiger partial charge in [-0.1, -0.05) is 23.7 Å². The molecule has 1 aromatic carbocycles. The van der Waals surface area contributed by atoms with Crippen LogP contribution in [-0.4, -0.2) is 51.4 Å². The highest BCUT2D eigenvalue weighted by Gasteiger charge is 2.44. The van der Waals surface area contributed by atoms with Crippen molar-refractivity contribution in [2.24, 2.45) is 7.05 Å². The van der Waals surface area contributed by atoms with E-state index in [1.54, 1.807) is 18.0 Å². The molecule has 0 N–H and O–H groups in total. The molecule has 1 unspecified atom stereocenters. The average Bonchev–Trinajstić information content (AvgIpc) is 3.49. The van der Waals surface area contributed by atoms with Crippen LogP contribution in [0.2, 0.25) is 5.02 Å². The summed E-state index contributed by atoms with van der Waals surface area (Å²) in [5, 5.41) is 5.14. The summed E-state index contributed by atoms with van der Waals surface area (Å²) < 4.78 is 9.60. The second kappa shape index (κ2) is 9.23. The van der Waals surface area contributed by atoms with Crippen LogP contribution in [0.1, 0.15) is 53.2 Å². The van der Waals surface area contributed by atoms with E-state index in [0.29, 0.717) is 22.4 Å². The summed E-state index contributed by atoms with van der Waals surface area (Å²) in [5.41, 5.74) is 5.60. The van der Waals surface area contributed by atoms with E-state index in [1.807, 2.05) is 74.4 Å². The fraction of sp³-hybridized carbons (Fsp3) is 0.333. The Morgan fingerprint density at radius 3 is 2.41 bits per heavy atom. The monoisotopic (exact) mass is 519 g/mol. The number of anilines is 2. The second-order valence-corrected chi connectivity index (χ2v) is 10.1. The van der Waals surface area contributed by atoms with Crippen molar-refractivity contribution in [2.75, 3.05) is 31.0 Å². The van der Waals surface area contributed by atoms with E-state index in [4.69, 9.17) is 16.3 Å². The molecule has 5 rings (SSSR count). The third-order valence-electron chi connectivity index (χ3n) is 6.60. The van der Waals surface area contributed by atoms with Gasteiger partial charge in [-0.2, -0.15) is 10.1 Å². The van der Waals surface area contributed by atoms with Gasteiger partial charge in [0, 0.05) is 44.6 Å². The topological polar surface area (TPSA) is 81.3 Å². The van der Waals surface area contributed by atoms with E-state index in [2.05, 4.69) is 33.5 Å². The molecule has 0 aliphatic carbocycles. The Balaban J connectivity index is 1.77. The first-order chi connectivity index (χ1) is 17.6. The van der Waals surface area contributed by atoms with Gasteiger partial charge in [-0.15, -0.1) is 0 Å². The van der Waals surface area contributed by atoms with Crippen LogP contribution < -0.4 is 14.5 Å². The van der Waals surface area contributed by atoms with Gasteiger partial charge in [-0.3, -0.25) is 14.4 Å². The highest BCUT2D eigenvalue weighted by atomic mass is 35.5. The first kappa shape index (κ1) is 24.8. The van der Waals surface area contributed by atoms with Gasteiger partial charge in [0.25, 0.3) is 5.91 Å². The number of methoxy groups -OCH3 is 1. The number of carbonyl (C=O) groups is 1. The Morgan fingerprint density at radius 1 is 1.14 bits per heavy atom. The maximum absolute atomic E-state index is 14.1. The smallest absolute Gasteiger partial charge is 0.261 e. The van der Waals surface area contributed by atoms with Gasteiger partial charge in [-0.25, -0.2) is 4.98 Å². The number of fused-ring (bicyclic) bond motifs is 1. The van der Waals surface area contributed by atoms with Gasteiger partial charge in [-0.05, 0) is 44.5 Å². The Labute approximate surface area is 221 Å². The predicted octanol–water partition coefficient (Wildman–Crippen LogP) is 5.05. The van der Waals surface area contributed by atoms with E-state index in [1.165, 1.54) is 0 Å². The summed E-state index contributed by atoms with van der Waals surface area (Å²) in [6, 6.07) is 9.26. The Bertz CT molecular complexity index is 1490. The minimum Gasteiger partial charge on any atom is -0.480 e. The van der Waals surface area contributed by atoms with Crippen LogP contribution in [0, 0.1) is 6.92 Å². The zero-order valence-electron chi connectivity index (χ0n) is 22.0. The minimum atomic E-state index is -0.369. The van der Waals surface area contributed by atoms with Crippen molar-refractivity contribution >= 4 is 29.1 Å². The summed E-state index contributed by atoms with van der Waals surface area (Å²) in [6.07, 6.45) is 3.65. The first-order valence-corrected chi connectivity index (χ1v) is 12.4.